The average Bonchev–Trinajstić information content (AvgIpc) is 2.22. The van der Waals surface area contributed by atoms with Gasteiger partial charge in [0.1, 0.15) is 0 Å². The fourth-order valence-electron chi connectivity index (χ4n) is 0.666. The molecule has 1 heteroatoms. The van der Waals surface area contributed by atoms with E-state index < -0.39 is 0 Å². The zero-order valence-corrected chi connectivity index (χ0v) is 4.70. The summed E-state index contributed by atoms with van der Waals surface area (Å²) in [5, 5.41) is 3.27. The van der Waals surface area contributed by atoms with Gasteiger partial charge in [-0.2, -0.15) is 0 Å². The Kier molecular flexibility index (Phi) is 1.15. The highest BCUT2D eigenvalue weighted by molar-refractivity contribution is 5.24. The lowest BCUT2D eigenvalue weighted by atomic mass is 10.6. The molecule has 0 amide bonds. The van der Waals surface area contributed by atoms with E-state index in [9.17, 15) is 0 Å². The van der Waals surface area contributed by atoms with E-state index in [1.165, 1.54) is 12.0 Å². The standard InChI is InChI=1S/C6H11N/c1-3-7-6-4-5(6)2/h6-7H,2-4H2,1H3. The highest BCUT2D eigenvalue weighted by atomic mass is 14.9. The van der Waals surface area contributed by atoms with Gasteiger partial charge in [-0.05, 0) is 13.0 Å². The number of hydrogen-bond acceptors (Lipinski definition) is 1. The summed E-state index contributed by atoms with van der Waals surface area (Å²) in [6.45, 7) is 6.99. The third-order valence-electron chi connectivity index (χ3n) is 1.25. The summed E-state index contributed by atoms with van der Waals surface area (Å²) in [6.07, 6.45) is 1.20. The number of nitrogens with one attached hydrogen (secondary N) is 1. The molecule has 0 spiro atoms. The Balaban J connectivity index is 2.09. The Labute approximate surface area is 44.4 Å². The summed E-state index contributed by atoms with van der Waals surface area (Å²) in [5.74, 6) is 0. The molecule has 1 saturated carbocycles. The van der Waals surface area contributed by atoms with Gasteiger partial charge in [0.25, 0.3) is 0 Å². The van der Waals surface area contributed by atoms with Crippen LogP contribution in [0.4, 0.5) is 0 Å². The second kappa shape index (κ2) is 1.66. The van der Waals surface area contributed by atoms with Gasteiger partial charge in [-0.1, -0.05) is 19.1 Å². The van der Waals surface area contributed by atoms with Crippen LogP contribution in [-0.4, -0.2) is 12.6 Å². The van der Waals surface area contributed by atoms with Crippen LogP contribution in [0.5, 0.6) is 0 Å². The normalized spacial score (nSPS) is 28.1. The molecule has 40 valence electrons. The van der Waals surface area contributed by atoms with Crippen LogP contribution < -0.4 is 5.32 Å². The second-order valence-corrected chi connectivity index (χ2v) is 1.97. The average molecular weight is 97.2 g/mol. The van der Waals surface area contributed by atoms with Crippen molar-refractivity contribution in [1.29, 1.82) is 0 Å². The summed E-state index contributed by atoms with van der Waals surface area (Å²) in [5.41, 5.74) is 1.36. The van der Waals surface area contributed by atoms with Crippen LogP contribution in [0, 0.1) is 0 Å². The molecule has 0 radical (unpaired) electrons. The molecule has 1 atom stereocenters. The van der Waals surface area contributed by atoms with Gasteiger partial charge in [0.05, 0.1) is 0 Å². The fourth-order valence-corrected chi connectivity index (χ4v) is 0.666. The van der Waals surface area contributed by atoms with E-state index in [-0.39, 0.29) is 0 Å². The van der Waals surface area contributed by atoms with E-state index in [0.29, 0.717) is 6.04 Å². The van der Waals surface area contributed by atoms with Gasteiger partial charge in [0, 0.05) is 6.04 Å². The lowest BCUT2D eigenvalue weighted by Crippen LogP contribution is -2.14. The lowest BCUT2D eigenvalue weighted by molar-refractivity contribution is 0.737. The van der Waals surface area contributed by atoms with Crippen molar-refractivity contribution in [1.82, 2.24) is 5.32 Å². The van der Waals surface area contributed by atoms with Crippen molar-refractivity contribution < 1.29 is 0 Å². The van der Waals surface area contributed by atoms with E-state index in [0.717, 1.165) is 6.54 Å². The van der Waals surface area contributed by atoms with Crippen molar-refractivity contribution in [2.75, 3.05) is 6.54 Å². The molecular formula is C6H11N. The molecule has 0 aromatic heterocycles. The van der Waals surface area contributed by atoms with E-state index in [1.807, 2.05) is 0 Å². The minimum Gasteiger partial charge on any atom is -0.310 e. The molecule has 0 aromatic rings. The van der Waals surface area contributed by atoms with Gasteiger partial charge >= 0.3 is 0 Å². The summed E-state index contributed by atoms with van der Waals surface area (Å²) in [7, 11) is 0. The topological polar surface area (TPSA) is 12.0 Å². The first kappa shape index (κ1) is 4.85. The first-order valence-electron chi connectivity index (χ1n) is 2.75. The van der Waals surface area contributed by atoms with Crippen molar-refractivity contribution in [3.8, 4) is 0 Å². The minimum absolute atomic E-state index is 0.671. The Hall–Kier alpha value is -0.300. The van der Waals surface area contributed by atoms with E-state index in [4.69, 9.17) is 0 Å². The predicted molar refractivity (Wildman–Crippen MR) is 31.2 cm³/mol. The molecule has 7 heavy (non-hydrogen) atoms. The van der Waals surface area contributed by atoms with E-state index >= 15 is 0 Å². The molecule has 0 aromatic carbocycles. The van der Waals surface area contributed by atoms with Crippen LogP contribution in [0.2, 0.25) is 0 Å². The lowest BCUT2D eigenvalue weighted by Gasteiger charge is -1.90. The van der Waals surface area contributed by atoms with Crippen molar-refractivity contribution in [3.05, 3.63) is 12.2 Å². The molecule has 1 unspecified atom stereocenters. The van der Waals surface area contributed by atoms with Gasteiger partial charge in [-0.25, -0.2) is 0 Å². The molecule has 1 fully saturated rings. The smallest absolute Gasteiger partial charge is 0.0315 e. The van der Waals surface area contributed by atoms with Crippen LogP contribution in [0.25, 0.3) is 0 Å². The molecule has 0 heterocycles. The molecule has 1 N–H and O–H groups in total. The van der Waals surface area contributed by atoms with Crippen LogP contribution in [0.1, 0.15) is 13.3 Å². The monoisotopic (exact) mass is 97.1 g/mol. The van der Waals surface area contributed by atoms with E-state index in [2.05, 4.69) is 18.8 Å². The van der Waals surface area contributed by atoms with Crippen molar-refractivity contribution in [2.45, 2.75) is 19.4 Å². The minimum atomic E-state index is 0.671. The maximum absolute atomic E-state index is 3.80. The highest BCUT2D eigenvalue weighted by Crippen LogP contribution is 2.25. The molecule has 1 aliphatic carbocycles. The zero-order chi connectivity index (χ0) is 5.28. The Bertz CT molecular complexity index is 86.2. The maximum Gasteiger partial charge on any atom is 0.0315 e. The Morgan fingerprint density at radius 1 is 2.00 bits per heavy atom. The third-order valence-corrected chi connectivity index (χ3v) is 1.25. The predicted octanol–water partition coefficient (Wildman–Crippen LogP) is 0.924. The molecule has 0 bridgehead atoms. The van der Waals surface area contributed by atoms with Crippen molar-refractivity contribution >= 4 is 0 Å². The number of rotatable bonds is 2. The summed E-state index contributed by atoms with van der Waals surface area (Å²) < 4.78 is 0. The van der Waals surface area contributed by atoms with Crippen LogP contribution in [-0.2, 0) is 0 Å². The molecule has 0 saturated heterocycles. The number of hydrogen-bond donors (Lipinski definition) is 1. The van der Waals surface area contributed by atoms with Gasteiger partial charge in [0.15, 0.2) is 0 Å². The first-order chi connectivity index (χ1) is 3.34. The third kappa shape index (κ3) is 1.03. The molecule has 1 rings (SSSR count). The Morgan fingerprint density at radius 2 is 2.57 bits per heavy atom. The van der Waals surface area contributed by atoms with Crippen LogP contribution in [0.3, 0.4) is 0 Å². The maximum atomic E-state index is 3.80. The molecule has 1 nitrogen and oxygen atoms in total. The first-order valence-corrected chi connectivity index (χ1v) is 2.75. The van der Waals surface area contributed by atoms with Crippen LogP contribution >= 0.6 is 0 Å². The summed E-state index contributed by atoms with van der Waals surface area (Å²) in [4.78, 5) is 0. The van der Waals surface area contributed by atoms with Crippen molar-refractivity contribution in [2.24, 2.45) is 0 Å². The number of likely N-dealkylation sites (N-methyl/N-ethyl adjacent to an activating group) is 1. The van der Waals surface area contributed by atoms with Gasteiger partial charge in [0.2, 0.25) is 0 Å². The van der Waals surface area contributed by atoms with Crippen molar-refractivity contribution in [3.63, 3.8) is 0 Å². The highest BCUT2D eigenvalue weighted by Gasteiger charge is 2.24. The summed E-state index contributed by atoms with van der Waals surface area (Å²) >= 11 is 0. The molecular weight excluding hydrogens is 86.1 g/mol. The zero-order valence-electron chi connectivity index (χ0n) is 4.70. The SMILES string of the molecule is C=C1CC1NCC. The summed E-state index contributed by atoms with van der Waals surface area (Å²) in [6, 6.07) is 0.671. The van der Waals surface area contributed by atoms with Gasteiger partial charge < -0.3 is 5.32 Å². The molecule has 1 aliphatic rings. The van der Waals surface area contributed by atoms with E-state index in [1.54, 1.807) is 0 Å². The second-order valence-electron chi connectivity index (χ2n) is 1.97. The van der Waals surface area contributed by atoms with Crippen LogP contribution in [0.15, 0.2) is 12.2 Å². The quantitative estimate of drug-likeness (QED) is 0.505. The largest absolute Gasteiger partial charge is 0.310 e. The van der Waals surface area contributed by atoms with Gasteiger partial charge in [-0.15, -0.1) is 0 Å². The fraction of sp³-hybridized carbons (Fsp3) is 0.667. The molecule has 0 aliphatic heterocycles. The Morgan fingerprint density at radius 3 is 2.71 bits per heavy atom. The van der Waals surface area contributed by atoms with Gasteiger partial charge in [-0.3, -0.25) is 0 Å².